The van der Waals surface area contributed by atoms with Gasteiger partial charge in [-0.05, 0) is 57.9 Å². The molecule has 33 heavy (non-hydrogen) atoms. The van der Waals surface area contributed by atoms with E-state index in [1.807, 2.05) is 18.7 Å². The lowest BCUT2D eigenvalue weighted by molar-refractivity contribution is -0.144. The van der Waals surface area contributed by atoms with Gasteiger partial charge in [-0.1, -0.05) is 0 Å². The first-order valence-corrected chi connectivity index (χ1v) is 11.0. The van der Waals surface area contributed by atoms with Crippen molar-refractivity contribution in [2.75, 3.05) is 36.5 Å². The van der Waals surface area contributed by atoms with Gasteiger partial charge in [0.2, 0.25) is 11.9 Å². The molecule has 1 aliphatic heterocycles. The summed E-state index contributed by atoms with van der Waals surface area (Å²) in [6, 6.07) is 7.02. The normalized spacial score (nSPS) is 15.2. The Morgan fingerprint density at radius 3 is 2.33 bits per heavy atom. The topological polar surface area (TPSA) is 139 Å². The molecule has 0 spiro atoms. The molecule has 1 aromatic heterocycles. The lowest BCUT2D eigenvalue weighted by Crippen LogP contribution is -2.37. The highest BCUT2D eigenvalue weighted by Gasteiger charge is 2.21. The summed E-state index contributed by atoms with van der Waals surface area (Å²) in [6.07, 6.45) is 0.120. The molecule has 2 heterocycles. The van der Waals surface area contributed by atoms with Crippen molar-refractivity contribution in [3.05, 3.63) is 24.3 Å². The number of anilines is 2. The average molecular weight is 462 g/mol. The molecule has 0 aliphatic carbocycles. The van der Waals surface area contributed by atoms with Crippen molar-refractivity contribution in [2.24, 2.45) is 0 Å². The first-order valence-electron chi connectivity index (χ1n) is 11.0. The number of rotatable bonds is 11. The zero-order chi connectivity index (χ0) is 23.8. The van der Waals surface area contributed by atoms with Crippen LogP contribution >= 0.6 is 0 Å². The number of aliphatic hydroxyl groups is 1. The van der Waals surface area contributed by atoms with E-state index in [2.05, 4.69) is 20.3 Å². The lowest BCUT2D eigenvalue weighted by Gasteiger charge is -2.29. The summed E-state index contributed by atoms with van der Waals surface area (Å²) < 4.78 is 16.7. The maximum atomic E-state index is 10.9. The Labute approximate surface area is 192 Å². The molecular formula is C22H31N5O6. The van der Waals surface area contributed by atoms with Crippen LogP contribution in [0, 0.1) is 0 Å². The molecule has 0 saturated carbocycles. The molecule has 1 fully saturated rings. The Morgan fingerprint density at radius 2 is 1.70 bits per heavy atom. The fourth-order valence-corrected chi connectivity index (χ4v) is 3.10. The molecule has 0 bridgehead atoms. The summed E-state index contributed by atoms with van der Waals surface area (Å²) in [5, 5.41) is 21.8. The summed E-state index contributed by atoms with van der Waals surface area (Å²) in [5.74, 6) is 0.963. The second-order valence-electron chi connectivity index (χ2n) is 8.03. The van der Waals surface area contributed by atoms with Gasteiger partial charge in [-0.2, -0.15) is 15.0 Å². The molecule has 0 radical (unpaired) electrons. The van der Waals surface area contributed by atoms with Crippen LogP contribution in [-0.4, -0.2) is 75.7 Å². The van der Waals surface area contributed by atoms with Gasteiger partial charge in [-0.15, -0.1) is 0 Å². The molecule has 11 nitrogen and oxygen atoms in total. The molecule has 11 heteroatoms. The summed E-state index contributed by atoms with van der Waals surface area (Å²) >= 11 is 0. The van der Waals surface area contributed by atoms with Crippen LogP contribution in [0.3, 0.4) is 0 Å². The first-order chi connectivity index (χ1) is 15.8. The number of piperidine rings is 1. The van der Waals surface area contributed by atoms with E-state index in [9.17, 15) is 9.90 Å². The Kier molecular flexibility index (Phi) is 8.47. The number of aliphatic carboxylic acids is 1. The number of ether oxygens (including phenoxy) is 3. The number of hydrogen-bond acceptors (Lipinski definition) is 10. The SMILES string of the molecule is CC(C)Nc1nc(OCCOc2ccc(OC(C)C(=O)O)cc2)nc(N2CCC(O)CC2)n1. The quantitative estimate of drug-likeness (QED) is 0.423. The highest BCUT2D eigenvalue weighted by Crippen LogP contribution is 2.21. The number of nitrogens with one attached hydrogen (secondary N) is 1. The largest absolute Gasteiger partial charge is 0.490 e. The Hall–Kier alpha value is -3.34. The number of carboxylic acid groups (broad SMARTS) is 1. The minimum Gasteiger partial charge on any atom is -0.490 e. The Balaban J connectivity index is 1.54. The zero-order valence-electron chi connectivity index (χ0n) is 19.1. The van der Waals surface area contributed by atoms with Crippen LogP contribution in [0.4, 0.5) is 11.9 Å². The van der Waals surface area contributed by atoms with Crippen molar-refractivity contribution in [3.8, 4) is 17.5 Å². The number of aliphatic hydroxyl groups excluding tert-OH is 1. The smallest absolute Gasteiger partial charge is 0.344 e. The van der Waals surface area contributed by atoms with Crippen LogP contribution in [0.15, 0.2) is 24.3 Å². The summed E-state index contributed by atoms with van der Waals surface area (Å²) in [4.78, 5) is 26.1. The van der Waals surface area contributed by atoms with Crippen LogP contribution in [0.25, 0.3) is 0 Å². The average Bonchev–Trinajstić information content (AvgIpc) is 2.77. The standard InChI is InChI=1S/C22H31N5O6/c1-14(2)23-20-24-21(27-10-8-16(28)9-11-27)26-22(25-20)32-13-12-31-17-4-6-18(7-5-17)33-15(3)19(29)30/h4-7,14-16,28H,8-13H2,1-3H3,(H,29,30)(H,23,24,25,26). The molecular weight excluding hydrogens is 430 g/mol. The van der Waals surface area contributed by atoms with Crippen molar-refractivity contribution < 1.29 is 29.2 Å². The number of aromatic nitrogens is 3. The number of carboxylic acids is 1. The van der Waals surface area contributed by atoms with Gasteiger partial charge in [0.1, 0.15) is 24.7 Å². The van der Waals surface area contributed by atoms with E-state index in [4.69, 9.17) is 19.3 Å². The number of benzene rings is 1. The van der Waals surface area contributed by atoms with Gasteiger partial charge in [-0.25, -0.2) is 4.79 Å². The molecule has 3 N–H and O–H groups in total. The van der Waals surface area contributed by atoms with E-state index in [0.717, 1.165) is 0 Å². The predicted octanol–water partition coefficient (Wildman–Crippen LogP) is 1.96. The minimum atomic E-state index is -1.03. The van der Waals surface area contributed by atoms with Gasteiger partial charge < -0.3 is 34.6 Å². The van der Waals surface area contributed by atoms with Gasteiger partial charge in [0.15, 0.2) is 6.10 Å². The molecule has 180 valence electrons. The van der Waals surface area contributed by atoms with Crippen LogP contribution in [0.1, 0.15) is 33.6 Å². The minimum absolute atomic E-state index is 0.144. The van der Waals surface area contributed by atoms with E-state index in [-0.39, 0.29) is 31.4 Å². The summed E-state index contributed by atoms with van der Waals surface area (Å²) in [5.41, 5.74) is 0. The van der Waals surface area contributed by atoms with Gasteiger partial charge >= 0.3 is 12.0 Å². The molecule has 2 aromatic rings. The van der Waals surface area contributed by atoms with Crippen LogP contribution in [0.2, 0.25) is 0 Å². The lowest BCUT2D eigenvalue weighted by atomic mass is 10.1. The zero-order valence-corrected chi connectivity index (χ0v) is 19.1. The third-order valence-corrected chi connectivity index (χ3v) is 4.84. The molecule has 3 rings (SSSR count). The second kappa shape index (κ2) is 11.5. The van der Waals surface area contributed by atoms with Gasteiger partial charge in [0.05, 0.1) is 6.10 Å². The number of nitrogens with zero attached hydrogens (tertiary/aromatic N) is 4. The van der Waals surface area contributed by atoms with E-state index < -0.39 is 12.1 Å². The predicted molar refractivity (Wildman–Crippen MR) is 121 cm³/mol. The van der Waals surface area contributed by atoms with Crippen LogP contribution < -0.4 is 24.4 Å². The van der Waals surface area contributed by atoms with Crippen LogP contribution in [-0.2, 0) is 4.79 Å². The first kappa shape index (κ1) is 24.3. The van der Waals surface area contributed by atoms with Gasteiger partial charge in [0.25, 0.3) is 0 Å². The van der Waals surface area contributed by atoms with Crippen molar-refractivity contribution in [3.63, 3.8) is 0 Å². The molecule has 1 aromatic carbocycles. The summed E-state index contributed by atoms with van der Waals surface area (Å²) in [7, 11) is 0. The van der Waals surface area contributed by atoms with E-state index in [0.29, 0.717) is 49.3 Å². The fraction of sp³-hybridized carbons (Fsp3) is 0.545. The van der Waals surface area contributed by atoms with E-state index in [1.165, 1.54) is 6.92 Å². The van der Waals surface area contributed by atoms with Crippen molar-refractivity contribution in [1.29, 1.82) is 0 Å². The number of carbonyl (C=O) groups is 1. The molecule has 0 amide bonds. The number of hydrogen-bond donors (Lipinski definition) is 3. The van der Waals surface area contributed by atoms with E-state index in [1.54, 1.807) is 24.3 Å². The van der Waals surface area contributed by atoms with Crippen molar-refractivity contribution in [1.82, 2.24) is 15.0 Å². The third-order valence-electron chi connectivity index (χ3n) is 4.84. The summed E-state index contributed by atoms with van der Waals surface area (Å²) in [6.45, 7) is 7.27. The van der Waals surface area contributed by atoms with Gasteiger partial charge in [-0.3, -0.25) is 0 Å². The molecule has 1 atom stereocenters. The molecule has 1 unspecified atom stereocenters. The third kappa shape index (κ3) is 7.63. The monoisotopic (exact) mass is 461 g/mol. The highest BCUT2D eigenvalue weighted by atomic mass is 16.5. The second-order valence-corrected chi connectivity index (χ2v) is 8.03. The van der Waals surface area contributed by atoms with Crippen molar-refractivity contribution in [2.45, 2.75) is 51.9 Å². The highest BCUT2D eigenvalue weighted by molar-refractivity contribution is 5.72. The van der Waals surface area contributed by atoms with Gasteiger partial charge in [0, 0.05) is 19.1 Å². The molecule has 1 saturated heterocycles. The maximum absolute atomic E-state index is 10.9. The van der Waals surface area contributed by atoms with Crippen LogP contribution in [0.5, 0.6) is 17.5 Å². The van der Waals surface area contributed by atoms with Crippen molar-refractivity contribution >= 4 is 17.9 Å². The van der Waals surface area contributed by atoms with E-state index >= 15 is 0 Å². The Bertz CT molecular complexity index is 903. The Morgan fingerprint density at radius 1 is 1.06 bits per heavy atom. The maximum Gasteiger partial charge on any atom is 0.344 e. The molecule has 1 aliphatic rings. The fourth-order valence-electron chi connectivity index (χ4n) is 3.10.